The van der Waals surface area contributed by atoms with Crippen molar-refractivity contribution in [2.75, 3.05) is 7.11 Å². The number of carbonyl (C=O) groups is 1. The Morgan fingerprint density at radius 3 is 2.62 bits per heavy atom. The van der Waals surface area contributed by atoms with Crippen LogP contribution in [0.15, 0.2) is 12.1 Å². The summed E-state index contributed by atoms with van der Waals surface area (Å²) in [5.74, 6) is -0.0193. The van der Waals surface area contributed by atoms with E-state index >= 15 is 0 Å². The molecule has 0 aliphatic carbocycles. The number of aliphatic hydroxyl groups is 1. The Bertz CT molecular complexity index is 399. The van der Waals surface area contributed by atoms with E-state index in [1.165, 1.54) is 7.11 Å². The molecule has 1 aromatic rings. The highest BCUT2D eigenvalue weighted by atomic mass is 16.5. The van der Waals surface area contributed by atoms with Crippen molar-refractivity contribution in [1.29, 1.82) is 0 Å². The summed E-state index contributed by atoms with van der Waals surface area (Å²) in [4.78, 5) is 11.2. The number of primary amides is 1. The second-order valence-electron chi connectivity index (χ2n) is 3.85. The van der Waals surface area contributed by atoms with Gasteiger partial charge in [-0.15, -0.1) is 0 Å². The van der Waals surface area contributed by atoms with Crippen molar-refractivity contribution < 1.29 is 14.6 Å². The fraction of sp³-hybridized carbons (Fsp3) is 0.417. The van der Waals surface area contributed by atoms with Gasteiger partial charge in [-0.05, 0) is 37.5 Å². The van der Waals surface area contributed by atoms with Crippen LogP contribution < -0.4 is 10.5 Å². The van der Waals surface area contributed by atoms with Crippen LogP contribution in [-0.2, 0) is 6.42 Å². The third-order valence-electron chi connectivity index (χ3n) is 2.50. The van der Waals surface area contributed by atoms with Crippen molar-refractivity contribution in [1.82, 2.24) is 0 Å². The van der Waals surface area contributed by atoms with Crippen LogP contribution in [0.3, 0.4) is 0 Å². The minimum absolute atomic E-state index is 0.370. The van der Waals surface area contributed by atoms with Gasteiger partial charge in [-0.2, -0.15) is 0 Å². The van der Waals surface area contributed by atoms with Crippen LogP contribution in [0.5, 0.6) is 5.75 Å². The summed E-state index contributed by atoms with van der Waals surface area (Å²) in [6.07, 6.45) is 0.101. The first-order chi connectivity index (χ1) is 7.47. The van der Waals surface area contributed by atoms with Gasteiger partial charge in [0.2, 0.25) is 0 Å². The van der Waals surface area contributed by atoms with Crippen LogP contribution in [0.1, 0.15) is 28.4 Å². The molecule has 4 heteroatoms. The fourth-order valence-electron chi connectivity index (χ4n) is 1.73. The molecule has 1 rings (SSSR count). The predicted molar refractivity (Wildman–Crippen MR) is 61.6 cm³/mol. The first-order valence-corrected chi connectivity index (χ1v) is 5.11. The van der Waals surface area contributed by atoms with Crippen LogP contribution in [0.4, 0.5) is 0 Å². The molecule has 0 aromatic heterocycles. The van der Waals surface area contributed by atoms with Crippen LogP contribution in [0.25, 0.3) is 0 Å². The number of methoxy groups -OCH3 is 1. The molecule has 0 radical (unpaired) electrons. The van der Waals surface area contributed by atoms with E-state index in [-0.39, 0.29) is 0 Å². The largest absolute Gasteiger partial charge is 0.496 e. The molecule has 1 atom stereocenters. The monoisotopic (exact) mass is 223 g/mol. The number of nitrogens with two attached hydrogens (primary N) is 1. The Labute approximate surface area is 95.0 Å². The van der Waals surface area contributed by atoms with E-state index in [2.05, 4.69) is 0 Å². The molecular weight excluding hydrogens is 206 g/mol. The van der Waals surface area contributed by atoms with E-state index in [0.717, 1.165) is 11.1 Å². The third kappa shape index (κ3) is 2.52. The number of carbonyl (C=O) groups excluding carboxylic acids is 1. The molecule has 0 heterocycles. The van der Waals surface area contributed by atoms with Gasteiger partial charge in [0.05, 0.1) is 18.8 Å². The summed E-state index contributed by atoms with van der Waals surface area (Å²) in [6.45, 7) is 3.57. The van der Waals surface area contributed by atoms with Crippen LogP contribution in [0.2, 0.25) is 0 Å². The number of amides is 1. The number of ether oxygens (including phenoxy) is 1. The van der Waals surface area contributed by atoms with Gasteiger partial charge in [0, 0.05) is 0 Å². The van der Waals surface area contributed by atoms with Crippen molar-refractivity contribution in [3.05, 3.63) is 28.8 Å². The first-order valence-electron chi connectivity index (χ1n) is 5.11. The van der Waals surface area contributed by atoms with Gasteiger partial charge in [0.25, 0.3) is 5.91 Å². The Balaban J connectivity index is 3.23. The minimum atomic E-state index is -0.511. The molecular formula is C12H17NO3. The van der Waals surface area contributed by atoms with Crippen molar-refractivity contribution >= 4 is 5.91 Å². The molecule has 4 nitrogen and oxygen atoms in total. The number of rotatable bonds is 4. The maximum absolute atomic E-state index is 11.2. The van der Waals surface area contributed by atoms with Gasteiger partial charge in [0.1, 0.15) is 5.75 Å². The van der Waals surface area contributed by atoms with Gasteiger partial charge in [-0.3, -0.25) is 4.79 Å². The van der Waals surface area contributed by atoms with E-state index in [1.54, 1.807) is 19.1 Å². The quantitative estimate of drug-likeness (QED) is 0.800. The van der Waals surface area contributed by atoms with E-state index < -0.39 is 12.0 Å². The number of hydrogen-bond donors (Lipinski definition) is 2. The van der Waals surface area contributed by atoms with E-state index in [0.29, 0.717) is 17.7 Å². The summed E-state index contributed by atoms with van der Waals surface area (Å²) >= 11 is 0. The van der Waals surface area contributed by atoms with Crippen LogP contribution in [-0.4, -0.2) is 24.2 Å². The average Bonchev–Trinajstić information content (AvgIpc) is 2.19. The zero-order valence-electron chi connectivity index (χ0n) is 9.78. The number of aliphatic hydroxyl groups excluding tert-OH is 1. The standard InChI is InChI=1S/C12H17NO3/c1-7(14)6-9-4-5-10(12(13)15)11(16-3)8(9)2/h4-5,7,14H,6H2,1-3H3,(H2,13,15). The average molecular weight is 223 g/mol. The van der Waals surface area contributed by atoms with Gasteiger partial charge < -0.3 is 15.6 Å². The van der Waals surface area contributed by atoms with Crippen LogP contribution >= 0.6 is 0 Å². The molecule has 1 aromatic carbocycles. The summed E-state index contributed by atoms with van der Waals surface area (Å²) in [7, 11) is 1.50. The summed E-state index contributed by atoms with van der Waals surface area (Å²) in [6, 6.07) is 3.43. The van der Waals surface area contributed by atoms with Crippen molar-refractivity contribution in [3.8, 4) is 5.75 Å². The summed E-state index contributed by atoms with van der Waals surface area (Å²) in [5, 5.41) is 9.34. The van der Waals surface area contributed by atoms with E-state index in [4.69, 9.17) is 10.5 Å². The molecule has 3 N–H and O–H groups in total. The second kappa shape index (κ2) is 4.99. The lowest BCUT2D eigenvalue weighted by atomic mass is 9.99. The van der Waals surface area contributed by atoms with Crippen molar-refractivity contribution in [2.45, 2.75) is 26.4 Å². The molecule has 88 valence electrons. The van der Waals surface area contributed by atoms with Crippen LogP contribution in [0, 0.1) is 6.92 Å². The molecule has 0 saturated heterocycles. The zero-order valence-corrected chi connectivity index (χ0v) is 9.78. The third-order valence-corrected chi connectivity index (χ3v) is 2.50. The van der Waals surface area contributed by atoms with E-state index in [9.17, 15) is 9.90 Å². The minimum Gasteiger partial charge on any atom is -0.496 e. The van der Waals surface area contributed by atoms with Crippen molar-refractivity contribution in [3.63, 3.8) is 0 Å². The van der Waals surface area contributed by atoms with E-state index in [1.807, 2.05) is 6.92 Å². The molecule has 16 heavy (non-hydrogen) atoms. The van der Waals surface area contributed by atoms with Gasteiger partial charge in [0.15, 0.2) is 0 Å². The molecule has 1 amide bonds. The molecule has 0 aliphatic heterocycles. The fourth-order valence-corrected chi connectivity index (χ4v) is 1.73. The predicted octanol–water partition coefficient (Wildman–Crippen LogP) is 1.03. The smallest absolute Gasteiger partial charge is 0.252 e. The van der Waals surface area contributed by atoms with Gasteiger partial charge >= 0.3 is 0 Å². The number of hydrogen-bond acceptors (Lipinski definition) is 3. The molecule has 0 aliphatic rings. The molecule has 0 bridgehead atoms. The van der Waals surface area contributed by atoms with Crippen molar-refractivity contribution in [2.24, 2.45) is 5.73 Å². The first kappa shape index (κ1) is 12.5. The molecule has 1 unspecified atom stereocenters. The lowest BCUT2D eigenvalue weighted by molar-refractivity contribution is 0.0997. The zero-order chi connectivity index (χ0) is 12.3. The summed E-state index contributed by atoms with van der Waals surface area (Å²) in [5.41, 5.74) is 7.41. The SMILES string of the molecule is COc1c(C(N)=O)ccc(CC(C)O)c1C. The lowest BCUT2D eigenvalue weighted by Gasteiger charge is -2.14. The maximum atomic E-state index is 11.2. The Morgan fingerprint density at radius 1 is 1.56 bits per heavy atom. The maximum Gasteiger partial charge on any atom is 0.252 e. The Kier molecular flexibility index (Phi) is 3.90. The topological polar surface area (TPSA) is 72.5 Å². The summed E-state index contributed by atoms with van der Waals surface area (Å²) < 4.78 is 5.18. The van der Waals surface area contributed by atoms with Gasteiger partial charge in [-0.1, -0.05) is 6.07 Å². The second-order valence-corrected chi connectivity index (χ2v) is 3.85. The Hall–Kier alpha value is -1.55. The Morgan fingerprint density at radius 2 is 2.19 bits per heavy atom. The molecule has 0 spiro atoms. The highest BCUT2D eigenvalue weighted by Gasteiger charge is 2.14. The van der Waals surface area contributed by atoms with Gasteiger partial charge in [-0.25, -0.2) is 0 Å². The highest BCUT2D eigenvalue weighted by molar-refractivity contribution is 5.96. The number of benzene rings is 1. The molecule has 0 saturated carbocycles. The normalized spacial score (nSPS) is 12.2. The molecule has 0 fully saturated rings. The highest BCUT2D eigenvalue weighted by Crippen LogP contribution is 2.27. The lowest BCUT2D eigenvalue weighted by Crippen LogP contribution is -2.14.